The molecule has 0 saturated carbocycles. The van der Waals surface area contributed by atoms with Gasteiger partial charge in [-0.3, -0.25) is 20.8 Å². The summed E-state index contributed by atoms with van der Waals surface area (Å²) < 4.78 is 0. The Labute approximate surface area is 120 Å². The SMILES string of the molecule is Cc1ccc(NC(=O)c2ccc(NN)c([N+](=O)[O-])c2)nc1. The molecule has 0 spiro atoms. The van der Waals surface area contributed by atoms with Gasteiger partial charge in [0, 0.05) is 17.8 Å². The van der Waals surface area contributed by atoms with E-state index < -0.39 is 10.8 Å². The highest BCUT2D eigenvalue weighted by atomic mass is 16.6. The summed E-state index contributed by atoms with van der Waals surface area (Å²) in [7, 11) is 0. The first-order valence-electron chi connectivity index (χ1n) is 6.00. The first kappa shape index (κ1) is 14.4. The van der Waals surface area contributed by atoms with E-state index in [1.165, 1.54) is 12.1 Å². The number of hydrogen-bond acceptors (Lipinski definition) is 6. The third kappa shape index (κ3) is 3.31. The second-order valence-corrected chi connectivity index (χ2v) is 4.31. The number of benzene rings is 1. The lowest BCUT2D eigenvalue weighted by atomic mass is 10.1. The van der Waals surface area contributed by atoms with Gasteiger partial charge < -0.3 is 10.7 Å². The van der Waals surface area contributed by atoms with Crippen LogP contribution < -0.4 is 16.6 Å². The normalized spacial score (nSPS) is 10.0. The largest absolute Gasteiger partial charge is 0.318 e. The minimum atomic E-state index is -0.615. The van der Waals surface area contributed by atoms with Crippen LogP contribution in [0.1, 0.15) is 15.9 Å². The summed E-state index contributed by atoms with van der Waals surface area (Å²) in [6, 6.07) is 7.41. The molecule has 0 aliphatic heterocycles. The minimum absolute atomic E-state index is 0.130. The number of nitrogens with one attached hydrogen (secondary N) is 2. The molecule has 1 heterocycles. The fourth-order valence-electron chi connectivity index (χ4n) is 1.68. The number of nitro benzene ring substituents is 1. The topological polar surface area (TPSA) is 123 Å². The van der Waals surface area contributed by atoms with Gasteiger partial charge >= 0.3 is 0 Å². The number of aryl methyl sites for hydroxylation is 1. The molecule has 1 aromatic heterocycles. The lowest BCUT2D eigenvalue weighted by Gasteiger charge is -2.06. The van der Waals surface area contributed by atoms with E-state index in [0.29, 0.717) is 5.82 Å². The second-order valence-electron chi connectivity index (χ2n) is 4.31. The smallest absolute Gasteiger partial charge is 0.294 e. The van der Waals surface area contributed by atoms with Gasteiger partial charge in [0.15, 0.2) is 0 Å². The third-order valence-corrected chi connectivity index (χ3v) is 2.77. The molecule has 0 aliphatic rings. The summed E-state index contributed by atoms with van der Waals surface area (Å²) in [5.74, 6) is 5.07. The summed E-state index contributed by atoms with van der Waals surface area (Å²) >= 11 is 0. The summed E-state index contributed by atoms with van der Waals surface area (Å²) in [6.45, 7) is 1.88. The molecule has 8 heteroatoms. The van der Waals surface area contributed by atoms with Crippen molar-refractivity contribution in [3.05, 3.63) is 57.8 Å². The van der Waals surface area contributed by atoms with E-state index in [0.717, 1.165) is 11.6 Å². The van der Waals surface area contributed by atoms with Crippen LogP contribution in [0.3, 0.4) is 0 Å². The molecule has 2 aromatic rings. The van der Waals surface area contributed by atoms with Crippen LogP contribution >= 0.6 is 0 Å². The van der Waals surface area contributed by atoms with Gasteiger partial charge in [-0.2, -0.15) is 0 Å². The van der Waals surface area contributed by atoms with Crippen molar-refractivity contribution >= 4 is 23.1 Å². The number of nitro groups is 1. The number of pyridine rings is 1. The maximum atomic E-state index is 12.0. The van der Waals surface area contributed by atoms with Crippen LogP contribution in [0.4, 0.5) is 17.2 Å². The van der Waals surface area contributed by atoms with Gasteiger partial charge in [0.05, 0.1) is 4.92 Å². The lowest BCUT2D eigenvalue weighted by Crippen LogP contribution is -2.14. The Morgan fingerprint density at radius 3 is 2.67 bits per heavy atom. The van der Waals surface area contributed by atoms with Gasteiger partial charge in [0.1, 0.15) is 11.5 Å². The molecular formula is C13H13N5O3. The van der Waals surface area contributed by atoms with Gasteiger partial charge in [-0.05, 0) is 30.7 Å². The Bertz CT molecular complexity index is 685. The van der Waals surface area contributed by atoms with Crippen molar-refractivity contribution in [1.82, 2.24) is 4.98 Å². The Hall–Kier alpha value is -3.00. The number of nitrogens with two attached hydrogens (primary N) is 1. The Balaban J connectivity index is 2.25. The van der Waals surface area contributed by atoms with Crippen LogP contribution in [0.2, 0.25) is 0 Å². The molecule has 1 amide bonds. The average Bonchev–Trinajstić information content (AvgIpc) is 2.48. The quantitative estimate of drug-likeness (QED) is 0.448. The summed E-state index contributed by atoms with van der Waals surface area (Å²) in [5.41, 5.74) is 3.17. The molecular weight excluding hydrogens is 274 g/mol. The molecule has 108 valence electrons. The van der Waals surface area contributed by atoms with E-state index >= 15 is 0 Å². The van der Waals surface area contributed by atoms with Crippen molar-refractivity contribution in [2.75, 3.05) is 10.7 Å². The Morgan fingerprint density at radius 1 is 1.33 bits per heavy atom. The zero-order chi connectivity index (χ0) is 15.4. The lowest BCUT2D eigenvalue weighted by molar-refractivity contribution is -0.384. The van der Waals surface area contributed by atoms with Crippen molar-refractivity contribution in [2.45, 2.75) is 6.92 Å². The number of rotatable bonds is 4. The van der Waals surface area contributed by atoms with E-state index in [9.17, 15) is 14.9 Å². The number of hydrazine groups is 1. The minimum Gasteiger partial charge on any atom is -0.318 e. The molecule has 8 nitrogen and oxygen atoms in total. The highest BCUT2D eigenvalue weighted by Crippen LogP contribution is 2.24. The highest BCUT2D eigenvalue weighted by molar-refractivity contribution is 6.04. The third-order valence-electron chi connectivity index (χ3n) is 2.77. The zero-order valence-electron chi connectivity index (χ0n) is 11.2. The summed E-state index contributed by atoms with van der Waals surface area (Å²) in [6.07, 6.45) is 1.61. The molecule has 0 saturated heterocycles. The number of aromatic nitrogens is 1. The average molecular weight is 287 g/mol. The van der Waals surface area contributed by atoms with Gasteiger partial charge in [-0.25, -0.2) is 4.98 Å². The van der Waals surface area contributed by atoms with Gasteiger partial charge in [0.2, 0.25) is 0 Å². The predicted molar refractivity (Wildman–Crippen MR) is 77.8 cm³/mol. The van der Waals surface area contributed by atoms with Crippen molar-refractivity contribution in [1.29, 1.82) is 0 Å². The number of nitrogens with zero attached hydrogens (tertiary/aromatic N) is 2. The van der Waals surface area contributed by atoms with Crippen molar-refractivity contribution in [3.63, 3.8) is 0 Å². The van der Waals surface area contributed by atoms with Crippen LogP contribution in [-0.2, 0) is 0 Å². The molecule has 0 bridgehead atoms. The zero-order valence-corrected chi connectivity index (χ0v) is 11.2. The van der Waals surface area contributed by atoms with Crippen molar-refractivity contribution in [2.24, 2.45) is 5.84 Å². The number of nitrogen functional groups attached to an aromatic ring is 1. The standard InChI is InChI=1S/C13H13N5O3/c1-8-2-5-12(15-7-8)16-13(19)9-3-4-10(17-14)11(6-9)18(20)21/h2-7,17H,14H2,1H3,(H,15,16,19). The molecule has 1 aromatic carbocycles. The number of hydrogen-bond donors (Lipinski definition) is 3. The number of carbonyl (C=O) groups excluding carboxylic acids is 1. The van der Waals surface area contributed by atoms with E-state index in [1.54, 1.807) is 18.3 Å². The van der Waals surface area contributed by atoms with Gasteiger partial charge in [0.25, 0.3) is 11.6 Å². The highest BCUT2D eigenvalue weighted by Gasteiger charge is 2.17. The molecule has 0 aliphatic carbocycles. The van der Waals surface area contributed by atoms with Crippen LogP contribution in [0, 0.1) is 17.0 Å². The van der Waals surface area contributed by atoms with Crippen LogP contribution in [-0.4, -0.2) is 15.8 Å². The fourth-order valence-corrected chi connectivity index (χ4v) is 1.68. The maximum Gasteiger partial charge on any atom is 0.294 e. The molecule has 0 atom stereocenters. The van der Waals surface area contributed by atoms with Crippen LogP contribution in [0.15, 0.2) is 36.5 Å². The van der Waals surface area contributed by atoms with Gasteiger partial charge in [-0.15, -0.1) is 0 Å². The fraction of sp³-hybridized carbons (Fsp3) is 0.0769. The first-order valence-corrected chi connectivity index (χ1v) is 6.00. The van der Waals surface area contributed by atoms with E-state index in [-0.39, 0.29) is 16.9 Å². The molecule has 0 unspecified atom stereocenters. The maximum absolute atomic E-state index is 12.0. The Kier molecular flexibility index (Phi) is 4.10. The monoisotopic (exact) mass is 287 g/mol. The van der Waals surface area contributed by atoms with E-state index in [4.69, 9.17) is 5.84 Å². The van der Waals surface area contributed by atoms with Gasteiger partial charge in [-0.1, -0.05) is 6.07 Å². The molecule has 0 fully saturated rings. The number of anilines is 2. The molecule has 2 rings (SSSR count). The molecule has 21 heavy (non-hydrogen) atoms. The summed E-state index contributed by atoms with van der Waals surface area (Å²) in [5, 5.41) is 13.5. The van der Waals surface area contributed by atoms with Crippen molar-refractivity contribution < 1.29 is 9.72 Å². The summed E-state index contributed by atoms with van der Waals surface area (Å²) in [4.78, 5) is 26.4. The van der Waals surface area contributed by atoms with Crippen molar-refractivity contribution in [3.8, 4) is 0 Å². The number of carbonyl (C=O) groups is 1. The molecule has 0 radical (unpaired) electrons. The van der Waals surface area contributed by atoms with E-state index in [1.807, 2.05) is 6.92 Å². The van der Waals surface area contributed by atoms with Crippen LogP contribution in [0.5, 0.6) is 0 Å². The number of amides is 1. The Morgan fingerprint density at radius 2 is 2.10 bits per heavy atom. The predicted octanol–water partition coefficient (Wildman–Crippen LogP) is 1.84. The second kappa shape index (κ2) is 5.97. The molecule has 4 N–H and O–H groups in total. The first-order chi connectivity index (χ1) is 10.0. The van der Waals surface area contributed by atoms with Crippen LogP contribution in [0.25, 0.3) is 0 Å². The van der Waals surface area contributed by atoms with E-state index in [2.05, 4.69) is 15.7 Å².